The van der Waals surface area contributed by atoms with Gasteiger partial charge in [0.25, 0.3) is 0 Å². The molecule has 4 heteroatoms. The highest BCUT2D eigenvalue weighted by atomic mass is 16.5. The Morgan fingerprint density at radius 1 is 1.55 bits per heavy atom. The second-order valence-corrected chi connectivity index (χ2v) is 2.78. The lowest BCUT2D eigenvalue weighted by molar-refractivity contribution is 0.174. The third-order valence-corrected chi connectivity index (χ3v) is 1.89. The first kappa shape index (κ1) is 6.79. The molecule has 1 aliphatic carbocycles. The number of methoxy groups -OCH3 is 1. The fourth-order valence-electron chi connectivity index (χ4n) is 1.15. The van der Waals surface area contributed by atoms with E-state index in [9.17, 15) is 0 Å². The van der Waals surface area contributed by atoms with Gasteiger partial charge in [-0.05, 0) is 6.42 Å². The van der Waals surface area contributed by atoms with Crippen LogP contribution in [0.4, 0.5) is 0 Å². The average Bonchev–Trinajstić information content (AvgIpc) is 2.68. The zero-order chi connectivity index (χ0) is 7.84. The van der Waals surface area contributed by atoms with Gasteiger partial charge in [0.2, 0.25) is 11.8 Å². The van der Waals surface area contributed by atoms with Gasteiger partial charge in [0, 0.05) is 14.0 Å². The van der Waals surface area contributed by atoms with Crippen LogP contribution in [0.15, 0.2) is 4.42 Å². The smallest absolute Gasteiger partial charge is 0.222 e. The molecule has 1 fully saturated rings. The topological polar surface area (TPSA) is 48.2 Å². The standard InChI is InChI=1S/C7H10N2O2/c1-4-8-9-7(11-4)5-3-6(5)10-2/h5-6H,3H2,1-2H3. The first-order valence-electron chi connectivity index (χ1n) is 3.64. The molecule has 1 aromatic heterocycles. The monoisotopic (exact) mass is 154 g/mol. The van der Waals surface area contributed by atoms with Gasteiger partial charge in [-0.15, -0.1) is 10.2 Å². The fourth-order valence-corrected chi connectivity index (χ4v) is 1.15. The number of ether oxygens (including phenoxy) is 1. The van der Waals surface area contributed by atoms with E-state index >= 15 is 0 Å². The molecule has 0 radical (unpaired) electrons. The minimum absolute atomic E-state index is 0.301. The van der Waals surface area contributed by atoms with Crippen molar-refractivity contribution in [3.8, 4) is 0 Å². The van der Waals surface area contributed by atoms with E-state index in [-0.39, 0.29) is 0 Å². The first-order chi connectivity index (χ1) is 5.31. The summed E-state index contributed by atoms with van der Waals surface area (Å²) in [5.41, 5.74) is 0. The summed E-state index contributed by atoms with van der Waals surface area (Å²) in [6.07, 6.45) is 1.31. The Balaban J connectivity index is 2.08. The molecule has 2 unspecified atom stereocenters. The molecule has 11 heavy (non-hydrogen) atoms. The molecule has 2 atom stereocenters. The van der Waals surface area contributed by atoms with E-state index in [0.717, 1.165) is 6.42 Å². The lowest BCUT2D eigenvalue weighted by Gasteiger charge is -1.89. The Morgan fingerprint density at radius 3 is 2.82 bits per heavy atom. The molecule has 0 N–H and O–H groups in total. The van der Waals surface area contributed by atoms with Gasteiger partial charge < -0.3 is 9.15 Å². The summed E-state index contributed by atoms with van der Waals surface area (Å²) >= 11 is 0. The summed E-state index contributed by atoms with van der Waals surface area (Å²) in [6.45, 7) is 1.79. The lowest BCUT2D eigenvalue weighted by atomic mass is 10.4. The van der Waals surface area contributed by atoms with Crippen molar-refractivity contribution in [2.45, 2.75) is 25.4 Å². The van der Waals surface area contributed by atoms with Crippen LogP contribution in [0, 0.1) is 6.92 Å². The van der Waals surface area contributed by atoms with Crippen molar-refractivity contribution in [3.63, 3.8) is 0 Å². The van der Waals surface area contributed by atoms with E-state index in [1.54, 1.807) is 14.0 Å². The molecule has 0 aromatic carbocycles. The summed E-state index contributed by atoms with van der Waals surface area (Å²) in [5, 5.41) is 7.65. The van der Waals surface area contributed by atoms with Crippen LogP contribution in [0.25, 0.3) is 0 Å². The van der Waals surface area contributed by atoms with Gasteiger partial charge in [-0.2, -0.15) is 0 Å². The van der Waals surface area contributed by atoms with Crippen LogP contribution in [0.3, 0.4) is 0 Å². The van der Waals surface area contributed by atoms with Gasteiger partial charge in [-0.3, -0.25) is 0 Å². The Morgan fingerprint density at radius 2 is 2.36 bits per heavy atom. The molecule has 1 saturated carbocycles. The highest BCUT2D eigenvalue weighted by molar-refractivity contribution is 5.07. The van der Waals surface area contributed by atoms with Crippen LogP contribution in [0.1, 0.15) is 24.1 Å². The third-order valence-electron chi connectivity index (χ3n) is 1.89. The van der Waals surface area contributed by atoms with Crippen molar-refractivity contribution in [1.82, 2.24) is 10.2 Å². The van der Waals surface area contributed by atoms with Gasteiger partial charge in [-0.1, -0.05) is 0 Å². The zero-order valence-electron chi connectivity index (χ0n) is 6.57. The number of hydrogen-bond donors (Lipinski definition) is 0. The first-order valence-corrected chi connectivity index (χ1v) is 3.64. The molecule has 0 spiro atoms. The van der Waals surface area contributed by atoms with E-state index in [4.69, 9.17) is 9.15 Å². The number of rotatable bonds is 2. The van der Waals surface area contributed by atoms with Crippen LogP contribution in [-0.2, 0) is 4.74 Å². The predicted molar refractivity (Wildman–Crippen MR) is 37.2 cm³/mol. The van der Waals surface area contributed by atoms with E-state index < -0.39 is 0 Å². The van der Waals surface area contributed by atoms with Crippen LogP contribution in [0.5, 0.6) is 0 Å². The maximum Gasteiger partial charge on any atom is 0.222 e. The highest BCUT2D eigenvalue weighted by Gasteiger charge is 2.42. The van der Waals surface area contributed by atoms with Gasteiger partial charge in [0.15, 0.2) is 0 Å². The predicted octanol–water partition coefficient (Wildman–Crippen LogP) is 0.880. The molecule has 0 amide bonds. The number of aromatic nitrogens is 2. The Kier molecular flexibility index (Phi) is 1.42. The molecule has 0 aliphatic heterocycles. The number of nitrogens with zero attached hydrogens (tertiary/aromatic N) is 2. The molecule has 0 bridgehead atoms. The van der Waals surface area contributed by atoms with Gasteiger partial charge in [0.1, 0.15) is 0 Å². The summed E-state index contributed by atoms with van der Waals surface area (Å²) in [7, 11) is 1.70. The maximum absolute atomic E-state index is 5.24. The van der Waals surface area contributed by atoms with Crippen molar-refractivity contribution in [2.24, 2.45) is 0 Å². The summed E-state index contributed by atoms with van der Waals surface area (Å²) in [5.74, 6) is 1.69. The normalized spacial score (nSPS) is 28.9. The molecular weight excluding hydrogens is 144 g/mol. The molecule has 60 valence electrons. The van der Waals surface area contributed by atoms with Crippen LogP contribution in [0.2, 0.25) is 0 Å². The summed E-state index contributed by atoms with van der Waals surface area (Å²) in [4.78, 5) is 0. The number of aryl methyl sites for hydroxylation is 1. The second kappa shape index (κ2) is 2.30. The van der Waals surface area contributed by atoms with E-state index in [0.29, 0.717) is 23.8 Å². The van der Waals surface area contributed by atoms with Crippen LogP contribution >= 0.6 is 0 Å². The van der Waals surface area contributed by atoms with Gasteiger partial charge in [0.05, 0.1) is 12.0 Å². The van der Waals surface area contributed by atoms with Crippen LogP contribution < -0.4 is 0 Å². The summed E-state index contributed by atoms with van der Waals surface area (Å²) < 4.78 is 10.3. The minimum atomic E-state index is 0.301. The van der Waals surface area contributed by atoms with Crippen LogP contribution in [-0.4, -0.2) is 23.4 Å². The molecule has 1 aromatic rings. The average molecular weight is 154 g/mol. The van der Waals surface area contributed by atoms with Crippen molar-refractivity contribution in [3.05, 3.63) is 11.8 Å². The second-order valence-electron chi connectivity index (χ2n) is 2.78. The third kappa shape index (κ3) is 1.14. The zero-order valence-corrected chi connectivity index (χ0v) is 6.57. The Hall–Kier alpha value is -0.900. The van der Waals surface area contributed by atoms with Crippen molar-refractivity contribution in [1.29, 1.82) is 0 Å². The van der Waals surface area contributed by atoms with Crippen molar-refractivity contribution in [2.75, 3.05) is 7.11 Å². The molecule has 0 saturated heterocycles. The Bertz CT molecular complexity index is 259. The quantitative estimate of drug-likeness (QED) is 0.634. The van der Waals surface area contributed by atoms with Gasteiger partial charge in [-0.25, -0.2) is 0 Å². The van der Waals surface area contributed by atoms with E-state index in [1.165, 1.54) is 0 Å². The largest absolute Gasteiger partial charge is 0.425 e. The SMILES string of the molecule is COC1CC1c1nnc(C)o1. The maximum atomic E-state index is 5.24. The molecular formula is C7H10N2O2. The van der Waals surface area contributed by atoms with Gasteiger partial charge >= 0.3 is 0 Å². The molecule has 2 rings (SSSR count). The van der Waals surface area contributed by atoms with Crippen molar-refractivity contribution < 1.29 is 9.15 Å². The molecule has 1 heterocycles. The molecule has 4 nitrogen and oxygen atoms in total. The fraction of sp³-hybridized carbons (Fsp3) is 0.714. The summed E-state index contributed by atoms with van der Waals surface area (Å²) in [6, 6.07) is 0. The Labute approximate surface area is 64.6 Å². The van der Waals surface area contributed by atoms with E-state index in [2.05, 4.69) is 10.2 Å². The molecule has 1 aliphatic rings. The van der Waals surface area contributed by atoms with Crippen molar-refractivity contribution >= 4 is 0 Å². The minimum Gasteiger partial charge on any atom is -0.425 e. The highest BCUT2D eigenvalue weighted by Crippen LogP contribution is 2.41. The lowest BCUT2D eigenvalue weighted by Crippen LogP contribution is -1.90. The van der Waals surface area contributed by atoms with E-state index in [1.807, 2.05) is 0 Å². The number of hydrogen-bond acceptors (Lipinski definition) is 4.